The minimum atomic E-state index is -1.13. The van der Waals surface area contributed by atoms with Crippen LogP contribution in [0.4, 0.5) is 0 Å². The minimum Gasteiger partial charge on any atom is -0.153 e. The highest BCUT2D eigenvalue weighted by molar-refractivity contribution is 7.14. The van der Waals surface area contributed by atoms with E-state index in [2.05, 4.69) is 50.5 Å². The molecule has 0 atom stereocenters. The summed E-state index contributed by atoms with van der Waals surface area (Å²) in [5, 5.41) is 18.1. The lowest BCUT2D eigenvalue weighted by atomic mass is 10.6. The Hall–Kier alpha value is -0.683. The summed E-state index contributed by atoms with van der Waals surface area (Å²) < 4.78 is 0. The van der Waals surface area contributed by atoms with Crippen LogP contribution in [0, 0.1) is 0 Å². The summed E-state index contributed by atoms with van der Waals surface area (Å²) >= 11 is 5.41. The van der Waals surface area contributed by atoms with Crippen LogP contribution in [0.1, 0.15) is 0 Å². The van der Waals surface area contributed by atoms with Crippen LogP contribution in [-0.4, -0.2) is 8.80 Å². The van der Waals surface area contributed by atoms with Crippen LogP contribution >= 0.6 is 34.0 Å². The summed E-state index contributed by atoms with van der Waals surface area (Å²) in [6, 6.07) is 6.87. The fourth-order valence-corrected chi connectivity index (χ4v) is 8.32. The van der Waals surface area contributed by atoms with Crippen molar-refractivity contribution in [2.75, 3.05) is 0 Å². The fraction of sp³-hybridized carbons (Fsp3) is 0. The highest BCUT2D eigenvalue weighted by Crippen LogP contribution is 2.03. The van der Waals surface area contributed by atoms with E-state index in [1.165, 1.54) is 0 Å². The molecule has 0 radical (unpaired) electrons. The summed E-state index contributed by atoms with van der Waals surface area (Å²) in [4.78, 5) is 0. The van der Waals surface area contributed by atoms with E-state index in [-0.39, 0.29) is 0 Å². The van der Waals surface area contributed by atoms with Crippen LogP contribution in [0.3, 0.4) is 0 Å². The van der Waals surface area contributed by atoms with Gasteiger partial charge in [0, 0.05) is 0 Å². The first-order chi connectivity index (χ1) is 7.95. The molecule has 0 N–H and O–H groups in total. The molecule has 0 saturated carbocycles. The molecule has 3 rings (SSSR count). The summed E-state index contributed by atoms with van der Waals surface area (Å²) in [6.07, 6.45) is 0. The van der Waals surface area contributed by atoms with E-state index < -0.39 is 8.80 Å². The maximum atomic E-state index is 2.31. The zero-order valence-corrected chi connectivity index (χ0v) is 12.1. The maximum Gasteiger partial charge on any atom is 0.136 e. The second-order valence-corrected chi connectivity index (χ2v) is 8.81. The third-order valence-corrected chi connectivity index (χ3v) is 8.54. The molecule has 3 aromatic heterocycles. The Morgan fingerprint density at radius 2 is 1.00 bits per heavy atom. The molecular weight excluding hydrogens is 268 g/mol. The molecule has 0 fully saturated rings. The fourth-order valence-electron chi connectivity index (χ4n) is 1.90. The zero-order valence-electron chi connectivity index (χ0n) is 8.50. The molecule has 3 heterocycles. The lowest BCUT2D eigenvalue weighted by Crippen LogP contribution is -2.50. The molecule has 0 aliphatic rings. The average molecular weight is 278 g/mol. The molecule has 0 unspecified atom stereocenters. The van der Waals surface area contributed by atoms with E-state index in [0.717, 1.165) is 0 Å². The van der Waals surface area contributed by atoms with Crippen molar-refractivity contribution < 1.29 is 0 Å². The summed E-state index contributed by atoms with van der Waals surface area (Å²) in [6.45, 7) is 0. The largest absolute Gasteiger partial charge is 0.153 e. The number of rotatable bonds is 3. The third kappa shape index (κ3) is 1.93. The smallest absolute Gasteiger partial charge is 0.136 e. The normalized spacial score (nSPS) is 11.1. The predicted octanol–water partition coefficient (Wildman–Crippen LogP) is 2.12. The lowest BCUT2D eigenvalue weighted by Gasteiger charge is -2.10. The average Bonchev–Trinajstić information content (AvgIpc) is 3.02. The van der Waals surface area contributed by atoms with E-state index >= 15 is 0 Å². The maximum absolute atomic E-state index is 2.31. The van der Waals surface area contributed by atoms with Gasteiger partial charge in [0.1, 0.15) is 8.80 Å². The van der Waals surface area contributed by atoms with Crippen molar-refractivity contribution in [3.63, 3.8) is 0 Å². The minimum absolute atomic E-state index is 1.13. The van der Waals surface area contributed by atoms with Crippen molar-refractivity contribution in [1.82, 2.24) is 0 Å². The van der Waals surface area contributed by atoms with Gasteiger partial charge < -0.3 is 0 Å². The van der Waals surface area contributed by atoms with Gasteiger partial charge in [0.05, 0.1) is 0 Å². The van der Waals surface area contributed by atoms with Crippen molar-refractivity contribution in [3.8, 4) is 0 Å². The van der Waals surface area contributed by atoms with Crippen molar-refractivity contribution in [1.29, 1.82) is 0 Å². The Bertz CT molecular complexity index is 441. The van der Waals surface area contributed by atoms with Crippen LogP contribution in [0.5, 0.6) is 0 Å². The van der Waals surface area contributed by atoms with E-state index in [9.17, 15) is 0 Å². The monoisotopic (exact) mass is 278 g/mol. The molecule has 80 valence electrons. The Labute approximate surface area is 108 Å². The molecule has 16 heavy (non-hydrogen) atoms. The number of hydrogen-bond donors (Lipinski definition) is 0. The van der Waals surface area contributed by atoms with E-state index in [0.29, 0.717) is 0 Å². The summed E-state index contributed by atoms with van der Waals surface area (Å²) in [5.41, 5.74) is 0. The molecular formula is C12H10S3Si. The molecule has 4 heteroatoms. The third-order valence-electron chi connectivity index (χ3n) is 2.63. The molecule has 0 nitrogen and oxygen atoms in total. The van der Waals surface area contributed by atoms with Crippen LogP contribution in [-0.2, 0) is 0 Å². The van der Waals surface area contributed by atoms with Crippen LogP contribution in [0.2, 0.25) is 0 Å². The first-order valence-electron chi connectivity index (χ1n) is 5.01. The molecule has 0 bridgehead atoms. The first kappa shape index (κ1) is 10.5. The standard InChI is InChI=1S/C12H10S3Si/c1-4-13-7-10(1)16(11-2-5-14-8-11)12-3-6-15-9-12/h1-9,16H. The van der Waals surface area contributed by atoms with Crippen molar-refractivity contribution in [3.05, 3.63) is 50.5 Å². The molecule has 0 aliphatic heterocycles. The van der Waals surface area contributed by atoms with Crippen molar-refractivity contribution in [2.24, 2.45) is 0 Å². The molecule has 0 aromatic carbocycles. The van der Waals surface area contributed by atoms with Gasteiger partial charge in [-0.05, 0) is 47.8 Å². The first-order valence-corrected chi connectivity index (χ1v) is 9.57. The SMILES string of the molecule is c1cc([SiH](c2ccsc2)c2ccsc2)cs1. The summed E-state index contributed by atoms with van der Waals surface area (Å²) in [5.74, 6) is 0. The quantitative estimate of drug-likeness (QED) is 0.644. The molecule has 0 spiro atoms. The topological polar surface area (TPSA) is 0 Å². The number of thiophene rings is 3. The zero-order chi connectivity index (χ0) is 10.8. The molecule has 0 saturated heterocycles. The van der Waals surface area contributed by atoms with Gasteiger partial charge in [0.15, 0.2) is 0 Å². The van der Waals surface area contributed by atoms with Crippen LogP contribution in [0.25, 0.3) is 0 Å². The lowest BCUT2D eigenvalue weighted by molar-refractivity contribution is 1.99. The Morgan fingerprint density at radius 3 is 1.25 bits per heavy atom. The van der Waals surface area contributed by atoms with Gasteiger partial charge in [-0.2, -0.15) is 34.0 Å². The van der Waals surface area contributed by atoms with Crippen molar-refractivity contribution >= 4 is 58.4 Å². The summed E-state index contributed by atoms with van der Waals surface area (Å²) in [7, 11) is -1.13. The Morgan fingerprint density at radius 1 is 0.625 bits per heavy atom. The second kappa shape index (κ2) is 4.67. The Balaban J connectivity index is 2.09. The van der Waals surface area contributed by atoms with Crippen LogP contribution in [0.15, 0.2) is 50.5 Å². The van der Waals surface area contributed by atoms with E-state index in [1.807, 2.05) is 0 Å². The van der Waals surface area contributed by atoms with Gasteiger partial charge in [-0.25, -0.2) is 0 Å². The highest BCUT2D eigenvalue weighted by Gasteiger charge is 2.19. The van der Waals surface area contributed by atoms with Crippen LogP contribution < -0.4 is 15.6 Å². The second-order valence-electron chi connectivity index (χ2n) is 3.60. The highest BCUT2D eigenvalue weighted by atomic mass is 32.1. The van der Waals surface area contributed by atoms with Gasteiger partial charge in [-0.15, -0.1) is 0 Å². The Kier molecular flexibility index (Phi) is 3.06. The van der Waals surface area contributed by atoms with E-state index in [1.54, 1.807) is 49.6 Å². The van der Waals surface area contributed by atoms with E-state index in [4.69, 9.17) is 0 Å². The molecule has 0 aliphatic carbocycles. The van der Waals surface area contributed by atoms with Gasteiger partial charge in [-0.1, -0.05) is 18.2 Å². The van der Waals surface area contributed by atoms with Crippen molar-refractivity contribution in [2.45, 2.75) is 0 Å². The van der Waals surface area contributed by atoms with Gasteiger partial charge in [-0.3, -0.25) is 0 Å². The number of hydrogen-bond acceptors (Lipinski definition) is 3. The molecule has 3 aromatic rings. The predicted molar refractivity (Wildman–Crippen MR) is 79.0 cm³/mol. The van der Waals surface area contributed by atoms with Gasteiger partial charge in [0.25, 0.3) is 0 Å². The molecule has 0 amide bonds. The van der Waals surface area contributed by atoms with Gasteiger partial charge >= 0.3 is 0 Å². The van der Waals surface area contributed by atoms with Gasteiger partial charge in [0.2, 0.25) is 0 Å².